The number of ether oxygens (including phenoxy) is 1. The van der Waals surface area contributed by atoms with E-state index < -0.39 is 0 Å². The predicted molar refractivity (Wildman–Crippen MR) is 78.6 cm³/mol. The molecule has 106 valence electrons. The first-order valence-corrected chi connectivity index (χ1v) is 7.25. The Balaban J connectivity index is 2.40. The third-order valence-corrected chi connectivity index (χ3v) is 4.11. The number of pyridine rings is 1. The minimum atomic E-state index is 0.342. The molecule has 0 bridgehead atoms. The van der Waals surface area contributed by atoms with Gasteiger partial charge in [-0.2, -0.15) is 0 Å². The molecule has 19 heavy (non-hydrogen) atoms. The number of nitrogens with zero attached hydrogens (tertiary/aromatic N) is 2. The molecule has 0 radical (unpaired) electrons. The maximum absolute atomic E-state index is 5.54. The molecule has 3 heteroatoms. The summed E-state index contributed by atoms with van der Waals surface area (Å²) in [5.41, 5.74) is 3.79. The Morgan fingerprint density at radius 3 is 2.53 bits per heavy atom. The lowest BCUT2D eigenvalue weighted by molar-refractivity contribution is 0.193. The lowest BCUT2D eigenvalue weighted by Crippen LogP contribution is -2.21. The molecule has 0 amide bonds. The van der Waals surface area contributed by atoms with Crippen molar-refractivity contribution in [2.45, 2.75) is 45.1 Å². The van der Waals surface area contributed by atoms with Gasteiger partial charge < -0.3 is 9.64 Å². The number of hydrogen-bond acceptors (Lipinski definition) is 3. The van der Waals surface area contributed by atoms with Gasteiger partial charge in [0.15, 0.2) is 0 Å². The number of hydrogen-bond donors (Lipinski definition) is 0. The summed E-state index contributed by atoms with van der Waals surface area (Å²) in [6.07, 6.45) is 1.12. The van der Waals surface area contributed by atoms with Crippen molar-refractivity contribution in [3.8, 4) is 0 Å². The molecule has 0 saturated carbocycles. The average molecular weight is 262 g/mol. The second-order valence-corrected chi connectivity index (χ2v) is 6.07. The van der Waals surface area contributed by atoms with E-state index in [1.165, 1.54) is 17.0 Å². The molecule has 0 unspecified atom stereocenters. The second kappa shape index (κ2) is 6.02. The third-order valence-electron chi connectivity index (χ3n) is 4.11. The van der Waals surface area contributed by atoms with Gasteiger partial charge in [-0.3, -0.25) is 4.98 Å². The van der Waals surface area contributed by atoms with E-state index in [2.05, 4.69) is 51.9 Å². The third kappa shape index (κ3) is 3.15. The van der Waals surface area contributed by atoms with Crippen LogP contribution < -0.4 is 0 Å². The zero-order chi connectivity index (χ0) is 14.0. The number of aromatic nitrogens is 1. The molecule has 1 aliphatic heterocycles. The fourth-order valence-electron chi connectivity index (χ4n) is 2.53. The Labute approximate surface area is 117 Å². The van der Waals surface area contributed by atoms with Gasteiger partial charge in [0.1, 0.15) is 0 Å². The van der Waals surface area contributed by atoms with Crippen LogP contribution in [0.2, 0.25) is 0 Å². The molecule has 2 atom stereocenters. The molecule has 0 aromatic carbocycles. The normalized spacial score (nSPS) is 21.3. The molecular formula is C16H26N2O. The van der Waals surface area contributed by atoms with E-state index in [4.69, 9.17) is 9.72 Å². The van der Waals surface area contributed by atoms with Gasteiger partial charge in [-0.15, -0.1) is 0 Å². The highest BCUT2D eigenvalue weighted by atomic mass is 16.5. The van der Waals surface area contributed by atoms with Crippen LogP contribution in [0.4, 0.5) is 0 Å². The topological polar surface area (TPSA) is 25.4 Å². The van der Waals surface area contributed by atoms with Crippen LogP contribution in [0.3, 0.4) is 0 Å². The largest absolute Gasteiger partial charge is 0.381 e. The van der Waals surface area contributed by atoms with Crippen molar-refractivity contribution in [2.75, 3.05) is 27.3 Å². The van der Waals surface area contributed by atoms with Gasteiger partial charge in [0, 0.05) is 24.3 Å². The fourth-order valence-corrected chi connectivity index (χ4v) is 2.53. The second-order valence-electron chi connectivity index (χ2n) is 6.07. The van der Waals surface area contributed by atoms with Crippen molar-refractivity contribution in [3.63, 3.8) is 0 Å². The minimum absolute atomic E-state index is 0.342. The lowest BCUT2D eigenvalue weighted by atomic mass is 9.92. The van der Waals surface area contributed by atoms with Gasteiger partial charge >= 0.3 is 0 Å². The molecule has 3 nitrogen and oxygen atoms in total. The Bertz CT molecular complexity index is 423. The minimum Gasteiger partial charge on any atom is -0.381 e. The molecule has 1 fully saturated rings. The van der Waals surface area contributed by atoms with Crippen molar-refractivity contribution < 1.29 is 4.74 Å². The summed E-state index contributed by atoms with van der Waals surface area (Å²) in [6, 6.07) is 4.80. The summed E-state index contributed by atoms with van der Waals surface area (Å²) in [5.74, 6) is 0.994. The SMILES string of the molecule is CC(C)c1ccc([C@H]2CCOC2)c([C@H](C)N(C)C)n1. The molecule has 2 rings (SSSR count). The maximum Gasteiger partial charge on any atom is 0.0611 e. The van der Waals surface area contributed by atoms with E-state index in [1.807, 2.05) is 0 Å². The van der Waals surface area contributed by atoms with Crippen LogP contribution >= 0.6 is 0 Å². The first kappa shape index (κ1) is 14.5. The Morgan fingerprint density at radius 2 is 2.00 bits per heavy atom. The fraction of sp³-hybridized carbons (Fsp3) is 0.688. The van der Waals surface area contributed by atoms with Gasteiger partial charge in [-0.25, -0.2) is 0 Å². The molecular weight excluding hydrogens is 236 g/mol. The van der Waals surface area contributed by atoms with Crippen LogP contribution in [0, 0.1) is 0 Å². The molecule has 1 aromatic rings. The van der Waals surface area contributed by atoms with Crippen molar-refractivity contribution in [3.05, 3.63) is 29.1 Å². The van der Waals surface area contributed by atoms with E-state index in [1.54, 1.807) is 0 Å². The quantitative estimate of drug-likeness (QED) is 0.832. The van der Waals surface area contributed by atoms with E-state index in [0.717, 1.165) is 19.6 Å². The molecule has 0 aliphatic carbocycles. The predicted octanol–water partition coefficient (Wildman–Crippen LogP) is 3.33. The van der Waals surface area contributed by atoms with Crippen molar-refractivity contribution in [2.24, 2.45) is 0 Å². The lowest BCUT2D eigenvalue weighted by Gasteiger charge is -2.25. The first-order valence-electron chi connectivity index (χ1n) is 7.25. The zero-order valence-corrected chi connectivity index (χ0v) is 12.8. The van der Waals surface area contributed by atoms with E-state index in [-0.39, 0.29) is 0 Å². The standard InChI is InChI=1S/C16H26N2O/c1-11(2)15-7-6-14(13-8-9-19-10-13)16(17-15)12(3)18(4)5/h6-7,11-13H,8-10H2,1-5H3/t12-,13-/m0/s1. The Hall–Kier alpha value is -0.930. The van der Waals surface area contributed by atoms with Gasteiger partial charge in [0.05, 0.1) is 12.3 Å². The Morgan fingerprint density at radius 1 is 1.26 bits per heavy atom. The average Bonchev–Trinajstić information content (AvgIpc) is 2.90. The molecule has 0 spiro atoms. The van der Waals surface area contributed by atoms with Crippen molar-refractivity contribution >= 4 is 0 Å². The summed E-state index contributed by atoms with van der Waals surface area (Å²) >= 11 is 0. The van der Waals surface area contributed by atoms with Gasteiger partial charge in [0.2, 0.25) is 0 Å². The van der Waals surface area contributed by atoms with Gasteiger partial charge in [-0.05, 0) is 45.0 Å². The van der Waals surface area contributed by atoms with E-state index in [0.29, 0.717) is 17.9 Å². The molecule has 2 heterocycles. The Kier molecular flexibility index (Phi) is 4.58. The summed E-state index contributed by atoms with van der Waals surface area (Å²) in [7, 11) is 4.23. The van der Waals surface area contributed by atoms with Crippen LogP contribution in [0.1, 0.15) is 62.0 Å². The molecule has 1 aromatic heterocycles. The van der Waals surface area contributed by atoms with Gasteiger partial charge in [0.25, 0.3) is 0 Å². The molecule has 0 N–H and O–H groups in total. The van der Waals surface area contributed by atoms with Crippen molar-refractivity contribution in [1.82, 2.24) is 9.88 Å². The highest BCUT2D eigenvalue weighted by Crippen LogP contribution is 2.32. The van der Waals surface area contributed by atoms with Crippen LogP contribution in [0.15, 0.2) is 12.1 Å². The molecule has 1 saturated heterocycles. The molecule has 1 aliphatic rings. The smallest absolute Gasteiger partial charge is 0.0611 e. The monoisotopic (exact) mass is 262 g/mol. The van der Waals surface area contributed by atoms with E-state index >= 15 is 0 Å². The van der Waals surface area contributed by atoms with Crippen LogP contribution in [0.5, 0.6) is 0 Å². The van der Waals surface area contributed by atoms with Crippen LogP contribution in [0.25, 0.3) is 0 Å². The summed E-state index contributed by atoms with van der Waals surface area (Å²) in [4.78, 5) is 7.17. The highest BCUT2D eigenvalue weighted by Gasteiger charge is 2.25. The van der Waals surface area contributed by atoms with Gasteiger partial charge in [-0.1, -0.05) is 19.9 Å². The highest BCUT2D eigenvalue weighted by molar-refractivity contribution is 5.30. The maximum atomic E-state index is 5.54. The summed E-state index contributed by atoms with van der Waals surface area (Å²) in [6.45, 7) is 8.35. The van der Waals surface area contributed by atoms with Crippen LogP contribution in [-0.4, -0.2) is 37.2 Å². The number of rotatable bonds is 4. The first-order chi connectivity index (χ1) is 9.00. The zero-order valence-electron chi connectivity index (χ0n) is 12.8. The van der Waals surface area contributed by atoms with Crippen molar-refractivity contribution in [1.29, 1.82) is 0 Å². The summed E-state index contributed by atoms with van der Waals surface area (Å²) in [5, 5.41) is 0. The van der Waals surface area contributed by atoms with Crippen LogP contribution in [-0.2, 0) is 4.74 Å². The van der Waals surface area contributed by atoms with E-state index in [9.17, 15) is 0 Å². The summed E-state index contributed by atoms with van der Waals surface area (Å²) < 4.78 is 5.54.